The van der Waals surface area contributed by atoms with Crippen LogP contribution in [0.1, 0.15) is 31.4 Å². The number of aromatic nitrogens is 1. The summed E-state index contributed by atoms with van der Waals surface area (Å²) < 4.78 is 0. The van der Waals surface area contributed by atoms with E-state index in [-0.39, 0.29) is 5.78 Å². The Morgan fingerprint density at radius 2 is 1.88 bits per heavy atom. The molecule has 0 bridgehead atoms. The van der Waals surface area contributed by atoms with Crippen LogP contribution in [0.4, 0.5) is 0 Å². The lowest BCUT2D eigenvalue weighted by atomic mass is 9.98. The number of ketones is 1. The van der Waals surface area contributed by atoms with E-state index in [0.29, 0.717) is 6.42 Å². The highest BCUT2D eigenvalue weighted by Crippen LogP contribution is 2.19. The Morgan fingerprint density at radius 3 is 2.41 bits per heavy atom. The number of aryl methyl sites for hydroxylation is 3. The van der Waals surface area contributed by atoms with E-state index in [1.165, 1.54) is 22.5 Å². The van der Waals surface area contributed by atoms with Gasteiger partial charge >= 0.3 is 0 Å². The van der Waals surface area contributed by atoms with Gasteiger partial charge in [0.15, 0.2) is 5.78 Å². The van der Waals surface area contributed by atoms with E-state index in [1.54, 1.807) is 6.20 Å². The molecule has 0 aliphatic rings. The molecule has 0 N–H and O–H groups in total. The summed E-state index contributed by atoms with van der Waals surface area (Å²) in [5, 5.41) is 0.940. The molecular formula is C14H15NOS. The Labute approximate surface area is 105 Å². The van der Waals surface area contributed by atoms with Gasteiger partial charge < -0.3 is 0 Å². The second kappa shape index (κ2) is 4.80. The molecule has 1 aromatic heterocycles. The van der Waals surface area contributed by atoms with Gasteiger partial charge in [-0.3, -0.25) is 4.79 Å². The first-order valence-electron chi connectivity index (χ1n) is 5.58. The van der Waals surface area contributed by atoms with E-state index in [0.717, 1.165) is 15.4 Å². The third kappa shape index (κ3) is 2.61. The zero-order valence-electron chi connectivity index (χ0n) is 10.3. The van der Waals surface area contributed by atoms with Crippen LogP contribution < -0.4 is 0 Å². The number of thiazole rings is 1. The first kappa shape index (κ1) is 12.0. The van der Waals surface area contributed by atoms with Gasteiger partial charge in [-0.2, -0.15) is 0 Å². The van der Waals surface area contributed by atoms with Crippen molar-refractivity contribution >= 4 is 17.1 Å². The SMILES string of the molecule is Cc1ncc(C(=O)Cc2c(C)cccc2C)s1. The Hall–Kier alpha value is -1.48. The van der Waals surface area contributed by atoms with Gasteiger partial charge in [-0.05, 0) is 37.5 Å². The molecule has 0 spiro atoms. The largest absolute Gasteiger partial charge is 0.293 e. The Balaban J connectivity index is 2.24. The molecular weight excluding hydrogens is 230 g/mol. The lowest BCUT2D eigenvalue weighted by Gasteiger charge is -2.07. The second-order valence-corrected chi connectivity index (χ2v) is 5.45. The fourth-order valence-corrected chi connectivity index (χ4v) is 2.58. The molecule has 0 aliphatic carbocycles. The van der Waals surface area contributed by atoms with E-state index in [2.05, 4.69) is 4.98 Å². The molecule has 1 heterocycles. The average Bonchev–Trinajstić information content (AvgIpc) is 2.70. The van der Waals surface area contributed by atoms with Crippen molar-refractivity contribution in [2.75, 3.05) is 0 Å². The van der Waals surface area contributed by atoms with Crippen LogP contribution in [0.25, 0.3) is 0 Å². The summed E-state index contributed by atoms with van der Waals surface area (Å²) in [6, 6.07) is 6.12. The Kier molecular flexibility index (Phi) is 3.38. The normalized spacial score (nSPS) is 10.5. The standard InChI is InChI=1S/C14H15NOS/c1-9-5-4-6-10(2)12(9)7-13(16)14-8-15-11(3)17-14/h4-6,8H,7H2,1-3H3. The maximum Gasteiger partial charge on any atom is 0.178 e. The third-order valence-electron chi connectivity index (χ3n) is 2.88. The minimum atomic E-state index is 0.160. The molecule has 2 nitrogen and oxygen atoms in total. The van der Waals surface area contributed by atoms with Crippen molar-refractivity contribution in [3.05, 3.63) is 51.0 Å². The van der Waals surface area contributed by atoms with Gasteiger partial charge in [0.1, 0.15) is 0 Å². The van der Waals surface area contributed by atoms with Crippen molar-refractivity contribution in [1.29, 1.82) is 0 Å². The van der Waals surface area contributed by atoms with Crippen LogP contribution in [-0.4, -0.2) is 10.8 Å². The molecule has 0 saturated carbocycles. The lowest BCUT2D eigenvalue weighted by molar-refractivity contribution is 0.0996. The van der Waals surface area contributed by atoms with Crippen LogP contribution in [-0.2, 0) is 6.42 Å². The summed E-state index contributed by atoms with van der Waals surface area (Å²) in [5.41, 5.74) is 3.50. The number of hydrogen-bond donors (Lipinski definition) is 0. The number of benzene rings is 1. The highest BCUT2D eigenvalue weighted by molar-refractivity contribution is 7.13. The Bertz CT molecular complexity index is 537. The van der Waals surface area contributed by atoms with E-state index in [4.69, 9.17) is 0 Å². The molecule has 0 unspecified atom stereocenters. The van der Waals surface area contributed by atoms with E-state index in [1.807, 2.05) is 39.0 Å². The minimum Gasteiger partial charge on any atom is -0.293 e. The molecule has 3 heteroatoms. The highest BCUT2D eigenvalue weighted by atomic mass is 32.1. The molecule has 0 fully saturated rings. The second-order valence-electron chi connectivity index (χ2n) is 4.21. The van der Waals surface area contributed by atoms with Crippen LogP contribution in [0, 0.1) is 20.8 Å². The molecule has 0 radical (unpaired) electrons. The van der Waals surface area contributed by atoms with Crippen molar-refractivity contribution in [2.45, 2.75) is 27.2 Å². The number of rotatable bonds is 3. The fraction of sp³-hybridized carbons (Fsp3) is 0.286. The summed E-state index contributed by atoms with van der Waals surface area (Å²) in [5.74, 6) is 0.160. The average molecular weight is 245 g/mol. The predicted octanol–water partition coefficient (Wildman–Crippen LogP) is 3.49. The van der Waals surface area contributed by atoms with Gasteiger partial charge in [-0.1, -0.05) is 18.2 Å². The molecule has 0 saturated heterocycles. The van der Waals surface area contributed by atoms with Gasteiger partial charge in [0.05, 0.1) is 9.88 Å². The molecule has 0 atom stereocenters. The maximum absolute atomic E-state index is 12.1. The topological polar surface area (TPSA) is 30.0 Å². The zero-order valence-corrected chi connectivity index (χ0v) is 11.1. The monoisotopic (exact) mass is 245 g/mol. The molecule has 0 aliphatic heterocycles. The van der Waals surface area contributed by atoms with Gasteiger partial charge in [-0.15, -0.1) is 11.3 Å². The summed E-state index contributed by atoms with van der Waals surface area (Å²) in [4.78, 5) is 17.0. The molecule has 88 valence electrons. The molecule has 0 amide bonds. The number of carbonyl (C=O) groups excluding carboxylic acids is 1. The number of carbonyl (C=O) groups is 1. The number of hydrogen-bond acceptors (Lipinski definition) is 3. The van der Waals surface area contributed by atoms with Crippen molar-refractivity contribution < 1.29 is 4.79 Å². The first-order valence-corrected chi connectivity index (χ1v) is 6.40. The molecule has 2 aromatic rings. The van der Waals surface area contributed by atoms with Crippen LogP contribution >= 0.6 is 11.3 Å². The zero-order chi connectivity index (χ0) is 12.4. The van der Waals surface area contributed by atoms with Gasteiger partial charge in [0.25, 0.3) is 0 Å². The maximum atomic E-state index is 12.1. The summed E-state index contributed by atoms with van der Waals surface area (Å²) in [6.45, 7) is 6.02. The summed E-state index contributed by atoms with van der Waals surface area (Å²) in [6.07, 6.45) is 2.15. The quantitative estimate of drug-likeness (QED) is 0.775. The molecule has 2 rings (SSSR count). The van der Waals surface area contributed by atoms with Crippen molar-refractivity contribution in [2.24, 2.45) is 0 Å². The van der Waals surface area contributed by atoms with E-state index < -0.39 is 0 Å². The lowest BCUT2D eigenvalue weighted by Crippen LogP contribution is -2.04. The van der Waals surface area contributed by atoms with Crippen molar-refractivity contribution in [3.8, 4) is 0 Å². The fourth-order valence-electron chi connectivity index (χ4n) is 1.87. The number of nitrogens with zero attached hydrogens (tertiary/aromatic N) is 1. The third-order valence-corrected chi connectivity index (χ3v) is 3.83. The highest BCUT2D eigenvalue weighted by Gasteiger charge is 2.12. The molecule has 1 aromatic carbocycles. The molecule has 17 heavy (non-hydrogen) atoms. The van der Waals surface area contributed by atoms with Crippen LogP contribution in [0.2, 0.25) is 0 Å². The van der Waals surface area contributed by atoms with Crippen LogP contribution in [0.5, 0.6) is 0 Å². The smallest absolute Gasteiger partial charge is 0.178 e. The van der Waals surface area contributed by atoms with Gasteiger partial charge in [0, 0.05) is 12.6 Å². The van der Waals surface area contributed by atoms with Crippen molar-refractivity contribution in [1.82, 2.24) is 4.98 Å². The summed E-state index contributed by atoms with van der Waals surface area (Å²) in [7, 11) is 0. The summed E-state index contributed by atoms with van der Waals surface area (Å²) >= 11 is 1.47. The van der Waals surface area contributed by atoms with Crippen LogP contribution in [0.15, 0.2) is 24.4 Å². The van der Waals surface area contributed by atoms with E-state index in [9.17, 15) is 4.79 Å². The Morgan fingerprint density at radius 1 is 1.24 bits per heavy atom. The van der Waals surface area contributed by atoms with Gasteiger partial charge in [0.2, 0.25) is 0 Å². The van der Waals surface area contributed by atoms with Crippen molar-refractivity contribution in [3.63, 3.8) is 0 Å². The predicted molar refractivity (Wildman–Crippen MR) is 70.8 cm³/mol. The first-order chi connectivity index (χ1) is 8.08. The number of Topliss-reactive ketones (excluding diaryl/α,β-unsaturated/α-hetero) is 1. The van der Waals surface area contributed by atoms with Crippen LogP contribution in [0.3, 0.4) is 0 Å². The minimum absolute atomic E-state index is 0.160. The van der Waals surface area contributed by atoms with Gasteiger partial charge in [-0.25, -0.2) is 4.98 Å². The van der Waals surface area contributed by atoms with E-state index >= 15 is 0 Å².